The zero-order chi connectivity index (χ0) is 12.4. The van der Waals surface area contributed by atoms with Gasteiger partial charge in [0.1, 0.15) is 0 Å². The van der Waals surface area contributed by atoms with Crippen molar-refractivity contribution < 1.29 is 9.53 Å². The number of carbonyl (C=O) groups is 1. The van der Waals surface area contributed by atoms with Gasteiger partial charge in [0.25, 0.3) is 0 Å². The highest BCUT2D eigenvalue weighted by Gasteiger charge is 2.38. The van der Waals surface area contributed by atoms with Crippen molar-refractivity contribution in [2.24, 2.45) is 5.73 Å². The number of ether oxygens (including phenoxy) is 1. The lowest BCUT2D eigenvalue weighted by molar-refractivity contribution is -0.129. The summed E-state index contributed by atoms with van der Waals surface area (Å²) in [5.41, 5.74) is 6.06. The van der Waals surface area contributed by atoms with E-state index in [0.717, 1.165) is 9.35 Å². The van der Waals surface area contributed by atoms with Crippen LogP contribution >= 0.6 is 27.3 Å². The van der Waals surface area contributed by atoms with E-state index in [-0.39, 0.29) is 18.0 Å². The Morgan fingerprint density at radius 1 is 1.71 bits per heavy atom. The third kappa shape index (κ3) is 2.70. The minimum atomic E-state index is -0.120. The van der Waals surface area contributed by atoms with Crippen LogP contribution in [0.4, 0.5) is 0 Å². The van der Waals surface area contributed by atoms with Gasteiger partial charge in [-0.25, -0.2) is 0 Å². The van der Waals surface area contributed by atoms with Crippen molar-refractivity contribution in [3.8, 4) is 0 Å². The minimum Gasteiger partial charge on any atom is -0.383 e. The molecule has 1 aliphatic heterocycles. The van der Waals surface area contributed by atoms with Crippen LogP contribution in [0.2, 0.25) is 0 Å². The smallest absolute Gasteiger partial charge is 0.224 e. The monoisotopic (exact) mass is 318 g/mol. The van der Waals surface area contributed by atoms with E-state index in [2.05, 4.69) is 15.9 Å². The minimum absolute atomic E-state index is 0.00560. The van der Waals surface area contributed by atoms with Crippen LogP contribution in [-0.4, -0.2) is 37.1 Å². The van der Waals surface area contributed by atoms with Crippen molar-refractivity contribution in [3.63, 3.8) is 0 Å². The highest BCUT2D eigenvalue weighted by atomic mass is 79.9. The molecule has 1 aromatic heterocycles. The molecule has 1 amide bonds. The van der Waals surface area contributed by atoms with Crippen molar-refractivity contribution in [1.82, 2.24) is 4.90 Å². The summed E-state index contributed by atoms with van der Waals surface area (Å²) in [5, 5.41) is 2.01. The first-order chi connectivity index (χ1) is 8.13. The Balaban J connectivity index is 2.19. The summed E-state index contributed by atoms with van der Waals surface area (Å²) in [5.74, 6) is 0.115. The van der Waals surface area contributed by atoms with Crippen LogP contribution in [0, 0.1) is 0 Å². The van der Waals surface area contributed by atoms with E-state index in [9.17, 15) is 4.79 Å². The number of hydrogen-bond donors (Lipinski definition) is 1. The fourth-order valence-electron chi connectivity index (χ4n) is 2.12. The lowest BCUT2D eigenvalue weighted by Crippen LogP contribution is -2.34. The molecular weight excluding hydrogens is 304 g/mol. The molecule has 94 valence electrons. The Kier molecular flexibility index (Phi) is 4.19. The van der Waals surface area contributed by atoms with Gasteiger partial charge in [0.05, 0.1) is 12.6 Å². The second-order valence-corrected chi connectivity index (χ2v) is 5.92. The predicted molar refractivity (Wildman–Crippen MR) is 70.9 cm³/mol. The van der Waals surface area contributed by atoms with Crippen LogP contribution in [-0.2, 0) is 9.53 Å². The molecule has 4 nitrogen and oxygen atoms in total. The van der Waals surface area contributed by atoms with Crippen LogP contribution in [0.3, 0.4) is 0 Å². The third-order valence-corrected chi connectivity index (χ3v) is 4.65. The second kappa shape index (κ2) is 5.48. The normalized spacial score (nSPS) is 24.6. The van der Waals surface area contributed by atoms with Crippen LogP contribution in [0.15, 0.2) is 15.9 Å². The second-order valence-electron chi connectivity index (χ2n) is 4.06. The molecule has 0 bridgehead atoms. The molecule has 17 heavy (non-hydrogen) atoms. The largest absolute Gasteiger partial charge is 0.383 e. The summed E-state index contributed by atoms with van der Waals surface area (Å²) in [6.07, 6.45) is 0.421. The lowest BCUT2D eigenvalue weighted by atomic mass is 10.1. The summed E-state index contributed by atoms with van der Waals surface area (Å²) in [7, 11) is 1.64. The molecule has 1 fully saturated rings. The van der Waals surface area contributed by atoms with Gasteiger partial charge in [-0.2, -0.15) is 0 Å². The Labute approximate surface area is 113 Å². The molecule has 6 heteroatoms. The van der Waals surface area contributed by atoms with E-state index < -0.39 is 0 Å². The highest BCUT2D eigenvalue weighted by molar-refractivity contribution is 9.10. The average Bonchev–Trinajstić information content (AvgIpc) is 2.80. The molecule has 0 spiro atoms. The summed E-state index contributed by atoms with van der Waals surface area (Å²) in [4.78, 5) is 14.8. The number of rotatable bonds is 4. The number of thiophene rings is 1. The maximum Gasteiger partial charge on any atom is 0.224 e. The van der Waals surface area contributed by atoms with E-state index in [0.29, 0.717) is 19.6 Å². The van der Waals surface area contributed by atoms with Gasteiger partial charge in [-0.15, -0.1) is 11.3 Å². The number of methoxy groups -OCH3 is 1. The van der Waals surface area contributed by atoms with Gasteiger partial charge >= 0.3 is 0 Å². The highest BCUT2D eigenvalue weighted by Crippen LogP contribution is 2.36. The molecular formula is C11H15BrN2O2S. The Hall–Kier alpha value is -0.430. The van der Waals surface area contributed by atoms with E-state index >= 15 is 0 Å². The van der Waals surface area contributed by atoms with Gasteiger partial charge in [-0.3, -0.25) is 4.79 Å². The molecule has 0 radical (unpaired) electrons. The standard InChI is InChI=1S/C11H15BrN2O2S/c1-16-3-2-14-10(15)5-8(13)11(14)9-4-7(12)6-17-9/h4,6,8,11H,2-3,5,13H2,1H3. The first-order valence-electron chi connectivity index (χ1n) is 5.41. The molecule has 1 aliphatic rings. The van der Waals surface area contributed by atoms with Crippen molar-refractivity contribution in [1.29, 1.82) is 0 Å². The van der Waals surface area contributed by atoms with Gasteiger partial charge in [-0.05, 0) is 22.0 Å². The number of halogens is 1. The first kappa shape index (κ1) is 13.0. The predicted octanol–water partition coefficient (Wildman–Crippen LogP) is 1.76. The SMILES string of the molecule is COCCN1C(=O)CC(N)C1c1cc(Br)cs1. The van der Waals surface area contributed by atoms with Crippen LogP contribution in [0.5, 0.6) is 0 Å². The fraction of sp³-hybridized carbons (Fsp3) is 0.545. The number of amides is 1. The topological polar surface area (TPSA) is 55.6 Å². The van der Waals surface area contributed by atoms with E-state index in [1.54, 1.807) is 18.4 Å². The molecule has 0 aromatic carbocycles. The molecule has 2 N–H and O–H groups in total. The summed E-state index contributed by atoms with van der Waals surface area (Å²) in [6, 6.07) is 1.91. The number of hydrogen-bond acceptors (Lipinski definition) is 4. The van der Waals surface area contributed by atoms with Crippen molar-refractivity contribution in [3.05, 3.63) is 20.8 Å². The van der Waals surface area contributed by atoms with Gasteiger partial charge < -0.3 is 15.4 Å². The Bertz CT molecular complexity index is 410. The molecule has 2 unspecified atom stereocenters. The first-order valence-corrected chi connectivity index (χ1v) is 7.08. The average molecular weight is 319 g/mol. The van der Waals surface area contributed by atoms with E-state index in [1.165, 1.54) is 0 Å². The molecule has 2 atom stereocenters. The third-order valence-electron chi connectivity index (χ3n) is 2.89. The summed E-state index contributed by atoms with van der Waals surface area (Å²) >= 11 is 5.06. The van der Waals surface area contributed by atoms with Crippen molar-refractivity contribution in [2.75, 3.05) is 20.3 Å². The van der Waals surface area contributed by atoms with Gasteiger partial charge in [0, 0.05) is 40.8 Å². The molecule has 0 aliphatic carbocycles. The molecule has 1 aromatic rings. The van der Waals surface area contributed by atoms with Crippen LogP contribution < -0.4 is 5.73 Å². The maximum absolute atomic E-state index is 11.9. The van der Waals surface area contributed by atoms with Crippen molar-refractivity contribution >= 4 is 33.2 Å². The van der Waals surface area contributed by atoms with Crippen LogP contribution in [0.1, 0.15) is 17.3 Å². The molecule has 0 saturated carbocycles. The molecule has 2 rings (SSSR count). The Morgan fingerprint density at radius 2 is 2.47 bits per heavy atom. The number of nitrogens with zero attached hydrogens (tertiary/aromatic N) is 1. The quantitative estimate of drug-likeness (QED) is 0.920. The number of nitrogens with two attached hydrogens (primary N) is 1. The summed E-state index contributed by atoms with van der Waals surface area (Å²) < 4.78 is 6.07. The van der Waals surface area contributed by atoms with E-state index in [1.807, 2.05) is 16.3 Å². The zero-order valence-electron chi connectivity index (χ0n) is 9.56. The molecule has 2 heterocycles. The summed E-state index contributed by atoms with van der Waals surface area (Å²) in [6.45, 7) is 1.14. The number of likely N-dealkylation sites (tertiary alicyclic amines) is 1. The Morgan fingerprint density at radius 3 is 3.06 bits per heavy atom. The van der Waals surface area contributed by atoms with Crippen molar-refractivity contribution in [2.45, 2.75) is 18.5 Å². The maximum atomic E-state index is 11.9. The zero-order valence-corrected chi connectivity index (χ0v) is 12.0. The van der Waals surface area contributed by atoms with Gasteiger partial charge in [0.15, 0.2) is 0 Å². The van der Waals surface area contributed by atoms with Crippen LogP contribution in [0.25, 0.3) is 0 Å². The molecule has 1 saturated heterocycles. The van der Waals surface area contributed by atoms with Gasteiger partial charge in [-0.1, -0.05) is 0 Å². The lowest BCUT2D eigenvalue weighted by Gasteiger charge is -2.25. The number of carbonyl (C=O) groups excluding carboxylic acids is 1. The van der Waals surface area contributed by atoms with E-state index in [4.69, 9.17) is 10.5 Å². The van der Waals surface area contributed by atoms with Gasteiger partial charge in [0.2, 0.25) is 5.91 Å². The fourth-order valence-corrected chi connectivity index (χ4v) is 3.75.